The largest absolute Gasteiger partial charge is 0.493 e. The lowest BCUT2D eigenvalue weighted by Crippen LogP contribution is -2.04. The molecule has 4 heteroatoms. The predicted molar refractivity (Wildman–Crippen MR) is 56.5 cm³/mol. The number of aliphatic hydroxyl groups is 1. The summed E-state index contributed by atoms with van der Waals surface area (Å²) < 4.78 is 5.42. The molecular weight excluding hydrogens is 202 g/mol. The van der Waals surface area contributed by atoms with E-state index in [1.54, 1.807) is 12.1 Å². The van der Waals surface area contributed by atoms with E-state index < -0.39 is 0 Å². The van der Waals surface area contributed by atoms with Gasteiger partial charge in [0.25, 0.3) is 0 Å². The molecule has 0 aliphatic carbocycles. The summed E-state index contributed by atoms with van der Waals surface area (Å²) in [4.78, 5) is 0. The summed E-state index contributed by atoms with van der Waals surface area (Å²) in [5, 5.41) is 9.22. The maximum Gasteiger partial charge on any atom is 0.125 e. The highest BCUT2D eigenvalue weighted by atomic mass is 35.5. The van der Waals surface area contributed by atoms with Gasteiger partial charge in [0.1, 0.15) is 5.75 Å². The van der Waals surface area contributed by atoms with Crippen LogP contribution in [0, 0.1) is 0 Å². The second-order valence-electron chi connectivity index (χ2n) is 2.88. The molecule has 1 aromatic rings. The van der Waals surface area contributed by atoms with Crippen LogP contribution >= 0.6 is 11.6 Å². The lowest BCUT2D eigenvalue weighted by atomic mass is 10.2. The molecule has 1 aromatic carbocycles. The van der Waals surface area contributed by atoms with Gasteiger partial charge >= 0.3 is 0 Å². The summed E-state index contributed by atoms with van der Waals surface area (Å²) in [5.74, 6) is 0.702. The first-order valence-electron chi connectivity index (χ1n) is 4.50. The molecule has 3 nitrogen and oxygen atoms in total. The van der Waals surface area contributed by atoms with Crippen molar-refractivity contribution in [3.63, 3.8) is 0 Å². The minimum Gasteiger partial charge on any atom is -0.493 e. The van der Waals surface area contributed by atoms with Gasteiger partial charge in [0.05, 0.1) is 6.61 Å². The zero-order chi connectivity index (χ0) is 10.4. The molecule has 78 valence electrons. The lowest BCUT2D eigenvalue weighted by Gasteiger charge is -2.09. The van der Waals surface area contributed by atoms with Gasteiger partial charge in [-0.15, -0.1) is 0 Å². The first-order valence-corrected chi connectivity index (χ1v) is 4.88. The summed E-state index contributed by atoms with van der Waals surface area (Å²) in [6.07, 6.45) is 0.608. The number of nitrogens with two attached hydrogens (primary N) is 1. The first kappa shape index (κ1) is 11.3. The molecule has 0 bridgehead atoms. The van der Waals surface area contributed by atoms with Crippen LogP contribution in [0.2, 0.25) is 5.02 Å². The van der Waals surface area contributed by atoms with Gasteiger partial charge in [-0.3, -0.25) is 0 Å². The van der Waals surface area contributed by atoms with Crippen molar-refractivity contribution >= 4 is 11.6 Å². The van der Waals surface area contributed by atoms with Gasteiger partial charge in [-0.25, -0.2) is 0 Å². The Morgan fingerprint density at radius 1 is 1.43 bits per heavy atom. The van der Waals surface area contributed by atoms with Crippen molar-refractivity contribution in [2.45, 2.75) is 13.0 Å². The number of rotatable bonds is 5. The maximum absolute atomic E-state index is 8.59. The molecule has 0 aromatic heterocycles. The summed E-state index contributed by atoms with van der Waals surface area (Å²) in [6, 6.07) is 5.36. The monoisotopic (exact) mass is 215 g/mol. The minimum atomic E-state index is 0.124. The van der Waals surface area contributed by atoms with Crippen LogP contribution in [0.3, 0.4) is 0 Å². The molecule has 0 unspecified atom stereocenters. The van der Waals surface area contributed by atoms with E-state index in [9.17, 15) is 0 Å². The van der Waals surface area contributed by atoms with Crippen LogP contribution in [0.1, 0.15) is 12.0 Å². The van der Waals surface area contributed by atoms with Gasteiger partial charge in [-0.1, -0.05) is 17.7 Å². The predicted octanol–water partition coefficient (Wildman–Crippen LogP) is 1.56. The first-order chi connectivity index (χ1) is 6.77. The van der Waals surface area contributed by atoms with E-state index in [4.69, 9.17) is 27.2 Å². The highest BCUT2D eigenvalue weighted by Crippen LogP contribution is 2.23. The quantitative estimate of drug-likeness (QED) is 0.733. The van der Waals surface area contributed by atoms with Crippen molar-refractivity contribution in [1.29, 1.82) is 0 Å². The van der Waals surface area contributed by atoms with Crippen molar-refractivity contribution in [3.05, 3.63) is 28.8 Å². The average Bonchev–Trinajstić information content (AvgIpc) is 2.19. The van der Waals surface area contributed by atoms with Gasteiger partial charge in [-0.05, 0) is 12.1 Å². The van der Waals surface area contributed by atoms with E-state index in [1.165, 1.54) is 0 Å². The average molecular weight is 216 g/mol. The third kappa shape index (κ3) is 3.18. The van der Waals surface area contributed by atoms with Crippen LogP contribution in [-0.2, 0) is 6.54 Å². The Hall–Kier alpha value is -0.770. The fourth-order valence-electron chi connectivity index (χ4n) is 1.08. The van der Waals surface area contributed by atoms with Crippen LogP contribution in [0.5, 0.6) is 5.75 Å². The molecule has 0 spiro atoms. The zero-order valence-corrected chi connectivity index (χ0v) is 8.63. The number of halogens is 1. The van der Waals surface area contributed by atoms with E-state index in [-0.39, 0.29) is 6.61 Å². The molecule has 0 heterocycles. The third-order valence-corrected chi connectivity index (χ3v) is 2.04. The Kier molecular flexibility index (Phi) is 4.73. The Morgan fingerprint density at radius 3 is 2.86 bits per heavy atom. The number of benzene rings is 1. The van der Waals surface area contributed by atoms with Gasteiger partial charge in [0.2, 0.25) is 0 Å². The molecule has 0 aliphatic rings. The van der Waals surface area contributed by atoms with Crippen LogP contribution in [0.4, 0.5) is 0 Å². The zero-order valence-electron chi connectivity index (χ0n) is 7.87. The van der Waals surface area contributed by atoms with Gasteiger partial charge in [0, 0.05) is 30.2 Å². The SMILES string of the molecule is NCc1ccc(Cl)cc1OCCCO. The highest BCUT2D eigenvalue weighted by Gasteiger charge is 2.02. The van der Waals surface area contributed by atoms with Crippen LogP contribution in [0.15, 0.2) is 18.2 Å². The Bertz CT molecular complexity index is 291. The Balaban J connectivity index is 2.67. The smallest absolute Gasteiger partial charge is 0.125 e. The molecule has 0 amide bonds. The molecule has 0 atom stereocenters. The molecule has 0 fully saturated rings. The molecular formula is C10H14ClNO2. The molecule has 0 radical (unpaired) electrons. The summed E-state index contributed by atoms with van der Waals surface area (Å²) in [6.45, 7) is 1.02. The van der Waals surface area contributed by atoms with E-state index in [1.807, 2.05) is 6.07 Å². The van der Waals surface area contributed by atoms with E-state index in [0.717, 1.165) is 5.56 Å². The molecule has 0 saturated carbocycles. The summed E-state index contributed by atoms with van der Waals surface area (Å²) in [7, 11) is 0. The topological polar surface area (TPSA) is 55.5 Å². The lowest BCUT2D eigenvalue weighted by molar-refractivity contribution is 0.232. The Labute approximate surface area is 88.4 Å². The number of ether oxygens (including phenoxy) is 1. The molecule has 1 rings (SSSR count). The number of hydrogen-bond donors (Lipinski definition) is 2. The van der Waals surface area contributed by atoms with Gasteiger partial charge < -0.3 is 15.6 Å². The second kappa shape index (κ2) is 5.86. The summed E-state index contributed by atoms with van der Waals surface area (Å²) in [5.41, 5.74) is 6.46. The standard InChI is InChI=1S/C10H14ClNO2/c11-9-3-2-8(7-12)10(6-9)14-5-1-4-13/h2-3,6,13H,1,4-5,7,12H2. The second-order valence-corrected chi connectivity index (χ2v) is 3.32. The molecule has 3 N–H and O–H groups in total. The maximum atomic E-state index is 8.59. The van der Waals surface area contributed by atoms with Crippen molar-refractivity contribution in [3.8, 4) is 5.75 Å². The highest BCUT2D eigenvalue weighted by molar-refractivity contribution is 6.30. The normalized spacial score (nSPS) is 10.2. The van der Waals surface area contributed by atoms with Crippen LogP contribution in [-0.4, -0.2) is 18.3 Å². The fourth-order valence-corrected chi connectivity index (χ4v) is 1.24. The number of aliphatic hydroxyl groups excluding tert-OH is 1. The van der Waals surface area contributed by atoms with Crippen molar-refractivity contribution in [1.82, 2.24) is 0 Å². The minimum absolute atomic E-state index is 0.124. The van der Waals surface area contributed by atoms with Crippen LogP contribution in [0.25, 0.3) is 0 Å². The Morgan fingerprint density at radius 2 is 2.21 bits per heavy atom. The van der Waals surface area contributed by atoms with Crippen molar-refractivity contribution in [2.75, 3.05) is 13.2 Å². The van der Waals surface area contributed by atoms with Crippen LogP contribution < -0.4 is 10.5 Å². The molecule has 0 saturated heterocycles. The fraction of sp³-hybridized carbons (Fsp3) is 0.400. The van der Waals surface area contributed by atoms with E-state index in [2.05, 4.69) is 0 Å². The van der Waals surface area contributed by atoms with Crippen molar-refractivity contribution in [2.24, 2.45) is 5.73 Å². The summed E-state index contributed by atoms with van der Waals surface area (Å²) >= 11 is 5.82. The third-order valence-electron chi connectivity index (χ3n) is 1.81. The van der Waals surface area contributed by atoms with Gasteiger partial charge in [0.15, 0.2) is 0 Å². The van der Waals surface area contributed by atoms with E-state index in [0.29, 0.717) is 30.3 Å². The molecule has 14 heavy (non-hydrogen) atoms. The van der Waals surface area contributed by atoms with Crippen molar-refractivity contribution < 1.29 is 9.84 Å². The number of hydrogen-bond acceptors (Lipinski definition) is 3. The van der Waals surface area contributed by atoms with E-state index >= 15 is 0 Å². The van der Waals surface area contributed by atoms with Gasteiger partial charge in [-0.2, -0.15) is 0 Å². The molecule has 0 aliphatic heterocycles.